The number of nitrogens with one attached hydrogen (secondary N) is 1. The second-order valence-electron chi connectivity index (χ2n) is 5.84. The summed E-state index contributed by atoms with van der Waals surface area (Å²) in [7, 11) is 0. The van der Waals surface area contributed by atoms with Gasteiger partial charge in [-0.3, -0.25) is 4.79 Å². The summed E-state index contributed by atoms with van der Waals surface area (Å²) in [6.07, 6.45) is 3.18. The number of pyridine rings is 1. The first kappa shape index (κ1) is 17.5. The first-order valence-electron chi connectivity index (χ1n) is 7.60. The van der Waals surface area contributed by atoms with Crippen LogP contribution >= 0.6 is 59.1 Å². The van der Waals surface area contributed by atoms with Crippen LogP contribution in [0, 0.1) is 0 Å². The molecular formula is C17H12Br3N3OS. The fourth-order valence-electron chi connectivity index (χ4n) is 3.00. The smallest absolute Gasteiger partial charge is 0.268 e. The minimum Gasteiger partial charge on any atom is -0.397 e. The molecule has 0 saturated heterocycles. The molecule has 3 N–H and O–H groups in total. The Hall–Kier alpha value is -0.960. The highest BCUT2D eigenvalue weighted by molar-refractivity contribution is 9.11. The number of aryl methyl sites for hydroxylation is 2. The number of rotatable bonds is 2. The quantitative estimate of drug-likeness (QED) is 0.421. The van der Waals surface area contributed by atoms with Crippen LogP contribution in [0.5, 0.6) is 0 Å². The molecule has 25 heavy (non-hydrogen) atoms. The number of carbonyl (C=O) groups excluding carboxylic acids is 1. The van der Waals surface area contributed by atoms with Gasteiger partial charge in [-0.15, -0.1) is 11.3 Å². The summed E-state index contributed by atoms with van der Waals surface area (Å²) in [6.45, 7) is 0. The summed E-state index contributed by atoms with van der Waals surface area (Å²) in [5.41, 5.74) is 9.83. The van der Waals surface area contributed by atoms with E-state index in [0.29, 0.717) is 16.3 Å². The van der Waals surface area contributed by atoms with Gasteiger partial charge in [0, 0.05) is 24.5 Å². The number of anilines is 2. The average molecular weight is 546 g/mol. The largest absolute Gasteiger partial charge is 0.397 e. The molecule has 4 nitrogen and oxygen atoms in total. The Morgan fingerprint density at radius 1 is 1.16 bits per heavy atom. The lowest BCUT2D eigenvalue weighted by Crippen LogP contribution is -2.12. The molecule has 128 valence electrons. The van der Waals surface area contributed by atoms with Crippen LogP contribution in [-0.2, 0) is 12.8 Å². The van der Waals surface area contributed by atoms with Gasteiger partial charge >= 0.3 is 0 Å². The molecule has 0 radical (unpaired) electrons. The molecule has 0 spiro atoms. The van der Waals surface area contributed by atoms with E-state index in [2.05, 4.69) is 59.2 Å². The fraction of sp³-hybridized carbons (Fsp3) is 0.176. The number of thiophene rings is 1. The van der Waals surface area contributed by atoms with Crippen LogP contribution in [0.3, 0.4) is 0 Å². The second-order valence-corrected chi connectivity index (χ2v) is 9.47. The van der Waals surface area contributed by atoms with E-state index in [1.165, 1.54) is 16.9 Å². The molecule has 1 aliphatic rings. The number of carbonyl (C=O) groups is 1. The summed E-state index contributed by atoms with van der Waals surface area (Å²) in [6, 6.07) is 5.85. The number of amides is 1. The SMILES string of the molecule is Nc1c(C(=O)Nc2c(Br)cc(Br)cc2Br)sc2nc3c(cc12)CCC3. The first-order chi connectivity index (χ1) is 11.9. The van der Waals surface area contributed by atoms with Crippen molar-refractivity contribution >= 4 is 86.6 Å². The van der Waals surface area contributed by atoms with Gasteiger partial charge < -0.3 is 11.1 Å². The molecule has 0 unspecified atom stereocenters. The van der Waals surface area contributed by atoms with E-state index in [1.807, 2.05) is 12.1 Å². The molecule has 1 aliphatic carbocycles. The number of hydrogen-bond donors (Lipinski definition) is 2. The minimum atomic E-state index is -0.232. The Labute approximate surface area is 173 Å². The number of nitrogen functional groups attached to an aromatic ring is 1. The summed E-state index contributed by atoms with van der Waals surface area (Å²) in [4.78, 5) is 18.8. The van der Waals surface area contributed by atoms with E-state index in [-0.39, 0.29) is 5.91 Å². The van der Waals surface area contributed by atoms with E-state index >= 15 is 0 Å². The number of hydrogen-bond acceptors (Lipinski definition) is 4. The van der Waals surface area contributed by atoms with E-state index in [0.717, 1.165) is 48.6 Å². The predicted molar refractivity (Wildman–Crippen MR) is 114 cm³/mol. The topological polar surface area (TPSA) is 68.0 Å². The maximum absolute atomic E-state index is 12.8. The van der Waals surface area contributed by atoms with Crippen LogP contribution in [0.2, 0.25) is 0 Å². The van der Waals surface area contributed by atoms with Gasteiger partial charge in [0.15, 0.2) is 0 Å². The van der Waals surface area contributed by atoms with E-state index in [9.17, 15) is 4.79 Å². The van der Waals surface area contributed by atoms with Crippen molar-refractivity contribution in [1.82, 2.24) is 4.98 Å². The lowest BCUT2D eigenvalue weighted by molar-refractivity contribution is 0.103. The molecule has 0 saturated carbocycles. The molecule has 0 fully saturated rings. The van der Waals surface area contributed by atoms with Gasteiger partial charge in [-0.05, 0) is 74.9 Å². The van der Waals surface area contributed by atoms with Crippen molar-refractivity contribution in [1.29, 1.82) is 0 Å². The van der Waals surface area contributed by atoms with Crippen molar-refractivity contribution in [2.24, 2.45) is 0 Å². The summed E-state index contributed by atoms with van der Waals surface area (Å²) < 4.78 is 2.46. The Kier molecular flexibility index (Phi) is 4.64. The first-order valence-corrected chi connectivity index (χ1v) is 10.8. The van der Waals surface area contributed by atoms with Gasteiger partial charge in [0.05, 0.1) is 11.4 Å². The van der Waals surface area contributed by atoms with Gasteiger partial charge in [0.1, 0.15) is 9.71 Å². The van der Waals surface area contributed by atoms with Crippen molar-refractivity contribution in [2.45, 2.75) is 19.3 Å². The van der Waals surface area contributed by atoms with E-state index in [4.69, 9.17) is 10.7 Å². The minimum absolute atomic E-state index is 0.232. The Balaban J connectivity index is 1.72. The molecule has 0 bridgehead atoms. The van der Waals surface area contributed by atoms with Crippen LogP contribution in [-0.4, -0.2) is 10.9 Å². The second kappa shape index (κ2) is 6.64. The van der Waals surface area contributed by atoms with Gasteiger partial charge in [0.2, 0.25) is 0 Å². The molecule has 3 aromatic rings. The number of nitrogens with zero attached hydrogens (tertiary/aromatic N) is 1. The molecule has 0 aliphatic heterocycles. The molecule has 8 heteroatoms. The highest BCUT2D eigenvalue weighted by Gasteiger charge is 2.22. The molecular weight excluding hydrogens is 534 g/mol. The van der Waals surface area contributed by atoms with Gasteiger partial charge in [-0.1, -0.05) is 15.9 Å². The highest BCUT2D eigenvalue weighted by atomic mass is 79.9. The third-order valence-corrected chi connectivity index (χ3v) is 7.02. The van der Waals surface area contributed by atoms with Crippen molar-refractivity contribution in [3.05, 3.63) is 47.8 Å². The molecule has 2 aromatic heterocycles. The zero-order chi connectivity index (χ0) is 17.7. The Morgan fingerprint density at radius 3 is 2.60 bits per heavy atom. The van der Waals surface area contributed by atoms with Crippen LogP contribution in [0.25, 0.3) is 10.2 Å². The highest BCUT2D eigenvalue weighted by Crippen LogP contribution is 2.38. The number of nitrogens with two attached hydrogens (primary N) is 1. The Morgan fingerprint density at radius 2 is 1.88 bits per heavy atom. The van der Waals surface area contributed by atoms with E-state index in [1.54, 1.807) is 0 Å². The van der Waals surface area contributed by atoms with Crippen molar-refractivity contribution in [3.8, 4) is 0 Å². The van der Waals surface area contributed by atoms with Crippen LogP contribution in [0.1, 0.15) is 27.3 Å². The van der Waals surface area contributed by atoms with Gasteiger partial charge in [-0.2, -0.15) is 0 Å². The maximum Gasteiger partial charge on any atom is 0.268 e. The van der Waals surface area contributed by atoms with Crippen LogP contribution in [0.4, 0.5) is 11.4 Å². The summed E-state index contributed by atoms with van der Waals surface area (Å²) >= 11 is 11.7. The summed E-state index contributed by atoms with van der Waals surface area (Å²) in [5, 5.41) is 3.81. The number of benzene rings is 1. The predicted octanol–water partition coefficient (Wildman–Crippen LogP) is 5.91. The third-order valence-electron chi connectivity index (χ3n) is 4.20. The zero-order valence-corrected chi connectivity index (χ0v) is 18.4. The number of halogens is 3. The Bertz CT molecular complexity index is 1010. The van der Waals surface area contributed by atoms with Crippen molar-refractivity contribution in [3.63, 3.8) is 0 Å². The zero-order valence-electron chi connectivity index (χ0n) is 12.8. The van der Waals surface area contributed by atoms with E-state index < -0.39 is 0 Å². The molecule has 1 amide bonds. The molecule has 4 rings (SSSR count). The van der Waals surface area contributed by atoms with Gasteiger partial charge in [-0.25, -0.2) is 4.98 Å². The standard InChI is InChI=1S/C17H12Br3N3OS/c18-8-5-10(19)14(11(20)6-8)23-16(24)15-13(21)9-4-7-2-1-3-12(7)22-17(9)25-15/h4-6H,1-3,21H2,(H,23,24). The normalized spacial score (nSPS) is 13.2. The fourth-order valence-corrected chi connectivity index (χ4v) is 6.45. The monoisotopic (exact) mass is 543 g/mol. The van der Waals surface area contributed by atoms with Crippen LogP contribution < -0.4 is 11.1 Å². The van der Waals surface area contributed by atoms with Crippen molar-refractivity contribution in [2.75, 3.05) is 11.1 Å². The molecule has 0 atom stereocenters. The maximum atomic E-state index is 12.8. The van der Waals surface area contributed by atoms with Gasteiger partial charge in [0.25, 0.3) is 5.91 Å². The lowest BCUT2D eigenvalue weighted by atomic mass is 10.1. The summed E-state index contributed by atoms with van der Waals surface area (Å²) in [5.74, 6) is -0.232. The molecule has 1 aromatic carbocycles. The molecule has 2 heterocycles. The average Bonchev–Trinajstić information content (AvgIpc) is 3.13. The van der Waals surface area contributed by atoms with Crippen LogP contribution in [0.15, 0.2) is 31.6 Å². The van der Waals surface area contributed by atoms with Crippen molar-refractivity contribution < 1.29 is 4.79 Å². The third kappa shape index (κ3) is 3.13. The lowest BCUT2D eigenvalue weighted by Gasteiger charge is -2.10. The number of aromatic nitrogens is 1. The number of fused-ring (bicyclic) bond motifs is 2.